The first kappa shape index (κ1) is 40.0. The summed E-state index contributed by atoms with van der Waals surface area (Å²) in [6.45, 7) is 8.91. The number of likely N-dealkylation sites (tertiary alicyclic amines) is 2. The molecule has 0 radical (unpaired) electrons. The molecule has 2 aliphatic heterocycles. The summed E-state index contributed by atoms with van der Waals surface area (Å²) in [7, 11) is 1.53. The van der Waals surface area contributed by atoms with Crippen molar-refractivity contribution >= 4 is 24.4 Å². The number of halogens is 2. The van der Waals surface area contributed by atoms with Gasteiger partial charge in [-0.3, -0.25) is 9.80 Å². The molecule has 2 heterocycles. The standard InChI is InChI=1S/C37H49F2N3O10/c1-35(2,3)51-33(45)41-21-29(49-34(46)52-36(4,5)6)30(28(41)19-24-13-15-27(47-7)16-14-24)50-31(43)40-18-17-26-20-37(38,39)23-42(26)32(44)48-22-25-11-9-8-10-12-25/h8-16,26,28-30H,17-23H2,1-7H3,(H,40,43)/t26-,28-,29+,30+/m1/s1. The van der Waals surface area contributed by atoms with Gasteiger partial charge in [0.1, 0.15) is 23.6 Å². The lowest BCUT2D eigenvalue weighted by Crippen LogP contribution is -2.46. The van der Waals surface area contributed by atoms with Crippen LogP contribution in [-0.2, 0) is 36.7 Å². The average Bonchev–Trinajstić information content (AvgIpc) is 3.54. The van der Waals surface area contributed by atoms with Gasteiger partial charge in [-0.15, -0.1) is 0 Å². The quantitative estimate of drug-likeness (QED) is 0.207. The summed E-state index contributed by atoms with van der Waals surface area (Å²) in [4.78, 5) is 54.8. The number of carbonyl (C=O) groups excluding carboxylic acids is 4. The van der Waals surface area contributed by atoms with Crippen molar-refractivity contribution in [1.82, 2.24) is 15.1 Å². The number of hydrogen-bond acceptors (Lipinski definition) is 10. The van der Waals surface area contributed by atoms with Gasteiger partial charge in [0.2, 0.25) is 0 Å². The number of nitrogens with one attached hydrogen (secondary N) is 1. The second-order valence-electron chi connectivity index (χ2n) is 14.8. The maximum absolute atomic E-state index is 14.5. The third-order valence-corrected chi connectivity index (χ3v) is 8.20. The van der Waals surface area contributed by atoms with Crippen LogP contribution >= 0.6 is 0 Å². The first-order chi connectivity index (χ1) is 24.3. The number of methoxy groups -OCH3 is 1. The first-order valence-electron chi connectivity index (χ1n) is 17.1. The predicted octanol–water partition coefficient (Wildman–Crippen LogP) is 6.71. The number of carbonyl (C=O) groups is 4. The number of benzene rings is 2. The van der Waals surface area contributed by atoms with Gasteiger partial charge in [0, 0.05) is 19.0 Å². The molecule has 2 aliphatic rings. The lowest BCUT2D eigenvalue weighted by Gasteiger charge is -2.30. The largest absolute Gasteiger partial charge is 0.509 e. The smallest absolute Gasteiger partial charge is 0.497 e. The van der Waals surface area contributed by atoms with Gasteiger partial charge in [0.05, 0.1) is 26.2 Å². The zero-order valence-corrected chi connectivity index (χ0v) is 30.7. The maximum Gasteiger partial charge on any atom is 0.509 e. The van der Waals surface area contributed by atoms with Gasteiger partial charge in [-0.25, -0.2) is 28.0 Å². The van der Waals surface area contributed by atoms with Crippen LogP contribution in [0.15, 0.2) is 54.6 Å². The van der Waals surface area contributed by atoms with E-state index >= 15 is 0 Å². The van der Waals surface area contributed by atoms with Crippen molar-refractivity contribution in [3.8, 4) is 5.75 Å². The Bertz CT molecular complexity index is 1530. The van der Waals surface area contributed by atoms with Crippen LogP contribution in [-0.4, -0.2) is 102 Å². The number of rotatable bonds is 10. The van der Waals surface area contributed by atoms with E-state index in [0.717, 1.165) is 10.5 Å². The van der Waals surface area contributed by atoms with Crippen LogP contribution in [0.5, 0.6) is 5.75 Å². The Balaban J connectivity index is 1.48. The van der Waals surface area contributed by atoms with Crippen molar-refractivity contribution < 1.29 is 56.4 Å². The van der Waals surface area contributed by atoms with Crippen LogP contribution in [0.2, 0.25) is 0 Å². The number of amides is 3. The third-order valence-electron chi connectivity index (χ3n) is 8.20. The fraction of sp³-hybridized carbons (Fsp3) is 0.568. The van der Waals surface area contributed by atoms with Crippen LogP contribution in [0.1, 0.15) is 65.5 Å². The fourth-order valence-corrected chi connectivity index (χ4v) is 5.95. The monoisotopic (exact) mass is 733 g/mol. The van der Waals surface area contributed by atoms with Gasteiger partial charge in [-0.2, -0.15) is 0 Å². The van der Waals surface area contributed by atoms with E-state index < -0.39 is 78.8 Å². The number of ether oxygens (including phenoxy) is 6. The molecular formula is C37H49F2N3O10. The molecule has 52 heavy (non-hydrogen) atoms. The molecule has 0 aromatic heterocycles. The molecule has 0 saturated carbocycles. The van der Waals surface area contributed by atoms with E-state index in [-0.39, 0.29) is 32.5 Å². The summed E-state index contributed by atoms with van der Waals surface area (Å²) in [5.74, 6) is -2.52. The molecule has 2 aromatic rings. The van der Waals surface area contributed by atoms with Crippen molar-refractivity contribution in [2.45, 2.75) is 109 Å². The SMILES string of the molecule is COc1ccc(C[C@@H]2[C@H](OC(=O)NCC[C@@H]3CC(F)(F)CN3C(=O)OCc3ccccc3)[C@@H](OC(=O)OC(C)(C)C)CN2C(=O)OC(C)(C)C)cc1. The summed E-state index contributed by atoms with van der Waals surface area (Å²) in [6.07, 6.45) is -6.37. The Labute approximate surface area is 302 Å². The Morgan fingerprint density at radius 1 is 0.846 bits per heavy atom. The minimum absolute atomic E-state index is 0.0209. The van der Waals surface area contributed by atoms with Gasteiger partial charge in [-0.05, 0) is 77.6 Å². The Morgan fingerprint density at radius 3 is 2.12 bits per heavy atom. The zero-order valence-electron chi connectivity index (χ0n) is 30.7. The maximum atomic E-state index is 14.5. The second-order valence-corrected chi connectivity index (χ2v) is 14.8. The number of alkyl halides is 2. The van der Waals surface area contributed by atoms with Gasteiger partial charge in [-0.1, -0.05) is 42.5 Å². The van der Waals surface area contributed by atoms with Crippen LogP contribution in [0.3, 0.4) is 0 Å². The average molecular weight is 734 g/mol. The molecule has 1 N–H and O–H groups in total. The molecule has 0 unspecified atom stereocenters. The third kappa shape index (κ3) is 11.9. The number of hydrogen-bond donors (Lipinski definition) is 1. The van der Waals surface area contributed by atoms with Crippen molar-refractivity contribution in [3.05, 3.63) is 65.7 Å². The summed E-state index contributed by atoms with van der Waals surface area (Å²) in [5.41, 5.74) is -0.291. The van der Waals surface area contributed by atoms with Crippen molar-refractivity contribution in [1.29, 1.82) is 0 Å². The van der Waals surface area contributed by atoms with Crippen molar-refractivity contribution in [2.24, 2.45) is 0 Å². The van der Waals surface area contributed by atoms with Crippen LogP contribution in [0.25, 0.3) is 0 Å². The fourth-order valence-electron chi connectivity index (χ4n) is 5.95. The normalized spacial score (nSPS) is 21.2. The summed E-state index contributed by atoms with van der Waals surface area (Å²) in [6, 6.07) is 14.1. The molecule has 13 nitrogen and oxygen atoms in total. The molecule has 4 atom stereocenters. The van der Waals surface area contributed by atoms with E-state index in [9.17, 15) is 28.0 Å². The Hall–Kier alpha value is -4.82. The molecule has 2 saturated heterocycles. The van der Waals surface area contributed by atoms with Gasteiger partial charge >= 0.3 is 24.4 Å². The summed E-state index contributed by atoms with van der Waals surface area (Å²) < 4.78 is 62.0. The Kier molecular flexibility index (Phi) is 12.8. The van der Waals surface area contributed by atoms with E-state index in [1.807, 2.05) is 0 Å². The van der Waals surface area contributed by atoms with Crippen LogP contribution < -0.4 is 10.1 Å². The molecule has 2 aromatic carbocycles. The minimum Gasteiger partial charge on any atom is -0.497 e. The first-order valence-corrected chi connectivity index (χ1v) is 17.1. The van der Waals surface area contributed by atoms with E-state index in [4.69, 9.17) is 28.4 Å². The molecule has 2 fully saturated rings. The Morgan fingerprint density at radius 2 is 1.50 bits per heavy atom. The van der Waals surface area contributed by atoms with Gasteiger partial charge in [0.15, 0.2) is 12.2 Å². The van der Waals surface area contributed by atoms with Crippen LogP contribution in [0.4, 0.5) is 28.0 Å². The topological polar surface area (TPSA) is 142 Å². The summed E-state index contributed by atoms with van der Waals surface area (Å²) in [5, 5.41) is 2.57. The van der Waals surface area contributed by atoms with E-state index in [1.165, 1.54) is 12.0 Å². The molecule has 15 heteroatoms. The predicted molar refractivity (Wildman–Crippen MR) is 184 cm³/mol. The van der Waals surface area contributed by atoms with Crippen molar-refractivity contribution in [3.63, 3.8) is 0 Å². The molecule has 0 spiro atoms. The second kappa shape index (κ2) is 16.7. The molecule has 286 valence electrons. The van der Waals surface area contributed by atoms with Crippen molar-refractivity contribution in [2.75, 3.05) is 26.7 Å². The molecular weight excluding hydrogens is 684 g/mol. The van der Waals surface area contributed by atoms with Crippen LogP contribution in [0, 0.1) is 0 Å². The molecule has 0 aliphatic carbocycles. The van der Waals surface area contributed by atoms with Gasteiger partial charge < -0.3 is 33.7 Å². The number of nitrogens with zero attached hydrogens (tertiary/aromatic N) is 2. The number of alkyl carbamates (subject to hydrolysis) is 1. The lowest BCUT2D eigenvalue weighted by molar-refractivity contribution is -0.0518. The lowest BCUT2D eigenvalue weighted by atomic mass is 10.0. The minimum atomic E-state index is -3.13. The zero-order chi connectivity index (χ0) is 38.3. The molecule has 0 bridgehead atoms. The van der Waals surface area contributed by atoms with E-state index in [0.29, 0.717) is 11.3 Å². The highest BCUT2D eigenvalue weighted by molar-refractivity contribution is 5.71. The summed E-state index contributed by atoms with van der Waals surface area (Å²) >= 11 is 0. The van der Waals surface area contributed by atoms with Gasteiger partial charge in [0.25, 0.3) is 5.92 Å². The van der Waals surface area contributed by atoms with E-state index in [2.05, 4.69) is 5.32 Å². The highest BCUT2D eigenvalue weighted by Crippen LogP contribution is 2.34. The van der Waals surface area contributed by atoms with E-state index in [1.54, 1.807) is 96.1 Å². The molecule has 4 rings (SSSR count). The molecule has 3 amide bonds. The highest BCUT2D eigenvalue weighted by Gasteiger charge is 2.51. The highest BCUT2D eigenvalue weighted by atomic mass is 19.3.